The third kappa shape index (κ3) is 4.41. The van der Waals surface area contributed by atoms with Gasteiger partial charge >= 0.3 is 0 Å². The summed E-state index contributed by atoms with van der Waals surface area (Å²) in [5, 5.41) is 10.0. The predicted molar refractivity (Wildman–Crippen MR) is 184 cm³/mol. The lowest BCUT2D eigenvalue weighted by Gasteiger charge is -2.69. The van der Waals surface area contributed by atoms with E-state index < -0.39 is 27.6 Å². The Kier molecular flexibility index (Phi) is 7.08. The first-order valence-electron chi connectivity index (χ1n) is 17.6. The number of carbonyl (C=O) groups is 4. The first kappa shape index (κ1) is 33.3. The van der Waals surface area contributed by atoms with E-state index in [4.69, 9.17) is 5.73 Å². The smallest absolute Gasteiger partial charge is 0.250 e. The first-order chi connectivity index (χ1) is 22.8. The average molecular weight is 662 g/mol. The van der Waals surface area contributed by atoms with Crippen molar-refractivity contribution >= 4 is 23.4 Å². The van der Waals surface area contributed by atoms with Gasteiger partial charge in [0.15, 0.2) is 11.6 Å². The molecule has 256 valence electrons. The van der Waals surface area contributed by atoms with Crippen LogP contribution in [0.3, 0.4) is 0 Å². The third-order valence-corrected chi connectivity index (χ3v) is 14.4. The number of primary amides is 1. The van der Waals surface area contributed by atoms with Gasteiger partial charge in [-0.2, -0.15) is 5.26 Å². The number of nitrogens with zero attached hydrogens (tertiary/aromatic N) is 4. The van der Waals surface area contributed by atoms with Crippen molar-refractivity contribution in [3.05, 3.63) is 59.7 Å². The second kappa shape index (κ2) is 10.4. The van der Waals surface area contributed by atoms with Crippen molar-refractivity contribution in [3.63, 3.8) is 0 Å². The molecule has 2 heterocycles. The van der Waals surface area contributed by atoms with Gasteiger partial charge < -0.3 is 5.73 Å². The number of hydrogen-bond donors (Lipinski definition) is 1. The number of aromatic nitrogens is 3. The van der Waals surface area contributed by atoms with E-state index in [-0.39, 0.29) is 51.6 Å². The molecule has 0 spiro atoms. The van der Waals surface area contributed by atoms with Gasteiger partial charge in [0.1, 0.15) is 18.1 Å². The minimum absolute atomic E-state index is 0.0216. The topological polar surface area (TPSA) is 149 Å². The molecule has 5 aliphatic carbocycles. The Balaban J connectivity index is 1.31. The van der Waals surface area contributed by atoms with Gasteiger partial charge in [-0.25, -0.2) is 4.98 Å². The van der Waals surface area contributed by atoms with Crippen LogP contribution in [0.25, 0.3) is 11.4 Å². The van der Waals surface area contributed by atoms with Gasteiger partial charge in [0.25, 0.3) is 0 Å². The van der Waals surface area contributed by atoms with Crippen LogP contribution in [0.5, 0.6) is 0 Å². The molecule has 3 saturated carbocycles. The number of imidazole rings is 1. The SMILES string of the molecule is CC1(C)CC[C@]2(C(=O)n3cnc(-c4ccc(C(N)=O)cn4)c3)CC[C@]3(C)[C@H](C(=O)C=C4[C@@]5(C)C=C(C#N)C(=O)C(C)(C)C5CC[C@]43C)C2C1. The molecule has 0 aromatic carbocycles. The highest BCUT2D eigenvalue weighted by Gasteiger charge is 2.71. The predicted octanol–water partition coefficient (Wildman–Crippen LogP) is 6.90. The molecule has 2 aromatic heterocycles. The Morgan fingerprint density at radius 2 is 1.67 bits per heavy atom. The Labute approximate surface area is 288 Å². The Bertz CT molecular complexity index is 1930. The summed E-state index contributed by atoms with van der Waals surface area (Å²) in [6.45, 7) is 15.1. The molecule has 2 N–H and O–H groups in total. The van der Waals surface area contributed by atoms with E-state index >= 15 is 0 Å². The molecular weight excluding hydrogens is 614 g/mol. The molecular formula is C40H47N5O4. The minimum Gasteiger partial charge on any atom is -0.366 e. The van der Waals surface area contributed by atoms with Crippen molar-refractivity contribution in [1.29, 1.82) is 5.26 Å². The van der Waals surface area contributed by atoms with Crippen LogP contribution in [0, 0.1) is 61.6 Å². The number of nitriles is 1. The summed E-state index contributed by atoms with van der Waals surface area (Å²) in [6, 6.07) is 5.45. The summed E-state index contributed by atoms with van der Waals surface area (Å²) in [5.41, 5.74) is 5.11. The summed E-state index contributed by atoms with van der Waals surface area (Å²) in [5.74, 6) is -1.16. The van der Waals surface area contributed by atoms with E-state index in [0.29, 0.717) is 29.8 Å². The zero-order valence-corrected chi connectivity index (χ0v) is 29.7. The van der Waals surface area contributed by atoms with Gasteiger partial charge in [-0.05, 0) is 91.2 Å². The van der Waals surface area contributed by atoms with E-state index in [9.17, 15) is 24.4 Å². The monoisotopic (exact) mass is 661 g/mol. The van der Waals surface area contributed by atoms with Crippen molar-refractivity contribution in [2.24, 2.45) is 56.0 Å². The van der Waals surface area contributed by atoms with E-state index in [1.54, 1.807) is 29.2 Å². The molecule has 7 rings (SSSR count). The summed E-state index contributed by atoms with van der Waals surface area (Å²) >= 11 is 0. The largest absolute Gasteiger partial charge is 0.366 e. The maximum atomic E-state index is 14.9. The molecule has 0 radical (unpaired) electrons. The lowest BCUT2D eigenvalue weighted by atomic mass is 9.34. The highest BCUT2D eigenvalue weighted by molar-refractivity contribution is 6.05. The number of fused-ring (bicyclic) bond motifs is 7. The van der Waals surface area contributed by atoms with Crippen molar-refractivity contribution in [2.75, 3.05) is 0 Å². The van der Waals surface area contributed by atoms with Crippen molar-refractivity contribution in [1.82, 2.24) is 14.5 Å². The van der Waals surface area contributed by atoms with Crippen LogP contribution in [0.1, 0.15) is 109 Å². The molecule has 0 aliphatic heterocycles. The van der Waals surface area contributed by atoms with Crippen LogP contribution in [0.15, 0.2) is 54.2 Å². The van der Waals surface area contributed by atoms with Gasteiger partial charge in [0.05, 0.1) is 22.2 Å². The van der Waals surface area contributed by atoms with Crippen LogP contribution in [0.4, 0.5) is 0 Å². The standard InChI is InChI=1S/C40H47N5O4/c1-35(2)12-14-40(34(49)45-21-27(44-22-45)26-9-8-23(20-43-26)33(42)48)15-13-39(7)31(25(40)18-35)28(46)16-30-37(5)17-24(19-41)32(47)36(3,4)29(37)10-11-38(30,39)6/h8-9,16-17,20-22,25,29,31H,10-15,18H2,1-7H3,(H2,42,48)/t25?,29?,31-,37-,38+,39+,40-/m0/s1. The maximum Gasteiger partial charge on any atom is 0.250 e. The fraction of sp³-hybridized carbons (Fsp3) is 0.575. The number of rotatable bonds is 3. The number of nitrogens with two attached hydrogens (primary N) is 1. The Hall–Kier alpha value is -4.19. The fourth-order valence-corrected chi connectivity index (χ4v) is 11.5. The maximum absolute atomic E-state index is 14.9. The normalized spacial score (nSPS) is 37.3. The van der Waals surface area contributed by atoms with Crippen molar-refractivity contribution in [3.8, 4) is 17.5 Å². The van der Waals surface area contributed by atoms with Crippen molar-refractivity contribution in [2.45, 2.75) is 93.4 Å². The quantitative estimate of drug-likeness (QED) is 0.376. The first-order valence-corrected chi connectivity index (χ1v) is 17.6. The highest BCUT2D eigenvalue weighted by Crippen LogP contribution is 2.74. The fourth-order valence-electron chi connectivity index (χ4n) is 11.5. The second-order valence-corrected chi connectivity index (χ2v) is 17.7. The molecule has 3 fully saturated rings. The van der Waals surface area contributed by atoms with E-state index in [0.717, 1.165) is 37.7 Å². The van der Waals surface area contributed by atoms with Crippen LogP contribution in [0.2, 0.25) is 0 Å². The third-order valence-electron chi connectivity index (χ3n) is 14.4. The van der Waals surface area contributed by atoms with Crippen LogP contribution in [-0.4, -0.2) is 37.9 Å². The van der Waals surface area contributed by atoms with Crippen LogP contribution >= 0.6 is 0 Å². The lowest BCUT2D eigenvalue weighted by molar-refractivity contribution is -0.164. The second-order valence-electron chi connectivity index (χ2n) is 17.7. The minimum atomic E-state index is -0.730. The van der Waals surface area contributed by atoms with E-state index in [1.165, 1.54) is 6.20 Å². The van der Waals surface area contributed by atoms with Gasteiger partial charge in [0, 0.05) is 29.1 Å². The molecule has 1 amide bonds. The van der Waals surface area contributed by atoms with E-state index in [2.05, 4.69) is 50.7 Å². The Morgan fingerprint density at radius 1 is 0.959 bits per heavy atom. The summed E-state index contributed by atoms with van der Waals surface area (Å²) in [4.78, 5) is 63.5. The molecule has 49 heavy (non-hydrogen) atoms. The van der Waals surface area contributed by atoms with Gasteiger partial charge in [-0.15, -0.1) is 0 Å². The number of hydrogen-bond acceptors (Lipinski definition) is 7. The van der Waals surface area contributed by atoms with E-state index in [1.807, 2.05) is 26.0 Å². The number of allylic oxidation sites excluding steroid dienone is 4. The molecule has 0 bridgehead atoms. The van der Waals surface area contributed by atoms with Crippen LogP contribution in [-0.2, 0) is 9.59 Å². The number of ketones is 2. The van der Waals surface area contributed by atoms with Crippen molar-refractivity contribution < 1.29 is 19.2 Å². The summed E-state index contributed by atoms with van der Waals surface area (Å²) in [6.07, 6.45) is 13.8. The molecule has 2 aromatic rings. The number of pyridine rings is 1. The van der Waals surface area contributed by atoms with Crippen LogP contribution < -0.4 is 5.73 Å². The van der Waals surface area contributed by atoms with Gasteiger partial charge in [-0.3, -0.25) is 28.7 Å². The highest BCUT2D eigenvalue weighted by atomic mass is 16.2. The Morgan fingerprint density at radius 3 is 2.33 bits per heavy atom. The average Bonchev–Trinajstić information content (AvgIpc) is 3.54. The zero-order valence-electron chi connectivity index (χ0n) is 29.7. The lowest BCUT2D eigenvalue weighted by Crippen LogP contribution is -2.66. The number of Topliss-reactive ketones (excluding diaryl/α,β-unsaturated/α-hetero) is 1. The number of amides is 1. The molecule has 9 heteroatoms. The molecule has 5 aliphatic rings. The summed E-state index contributed by atoms with van der Waals surface area (Å²) in [7, 11) is 0. The molecule has 0 saturated heterocycles. The zero-order chi connectivity index (χ0) is 35.5. The molecule has 7 atom stereocenters. The summed E-state index contributed by atoms with van der Waals surface area (Å²) < 4.78 is 1.59. The van der Waals surface area contributed by atoms with Gasteiger partial charge in [0.2, 0.25) is 11.8 Å². The molecule has 2 unspecified atom stereocenters. The number of carbonyl (C=O) groups excluding carboxylic acids is 4. The van der Waals surface area contributed by atoms with Gasteiger partial charge in [-0.1, -0.05) is 60.1 Å². The molecule has 9 nitrogen and oxygen atoms in total.